The summed E-state index contributed by atoms with van der Waals surface area (Å²) in [6.45, 7) is 0.222. The molecule has 0 radical (unpaired) electrons. The van der Waals surface area contributed by atoms with Gasteiger partial charge in [0.25, 0.3) is 5.56 Å². The van der Waals surface area contributed by atoms with E-state index in [0.29, 0.717) is 9.13 Å². The van der Waals surface area contributed by atoms with Crippen LogP contribution in [0.5, 0.6) is 5.75 Å². The van der Waals surface area contributed by atoms with Crippen LogP contribution in [-0.4, -0.2) is 16.7 Å². The van der Waals surface area contributed by atoms with E-state index < -0.39 is 5.82 Å². The first-order valence-corrected chi connectivity index (χ1v) is 6.71. The molecule has 2 aromatic rings. The normalized spacial score (nSPS) is 10.5. The molecule has 0 unspecified atom stereocenters. The summed E-state index contributed by atoms with van der Waals surface area (Å²) < 4.78 is 20.1. The number of aromatic nitrogens is 2. The highest BCUT2D eigenvalue weighted by atomic mass is 127. The molecule has 1 aromatic heterocycles. The molecule has 0 fully saturated rings. The lowest BCUT2D eigenvalue weighted by Gasteiger charge is -2.08. The second kappa shape index (κ2) is 5.87. The minimum absolute atomic E-state index is 0.167. The molecule has 0 saturated heterocycles. The lowest BCUT2D eigenvalue weighted by atomic mass is 10.2. The van der Waals surface area contributed by atoms with Crippen LogP contribution in [-0.2, 0) is 6.54 Å². The lowest BCUT2D eigenvalue weighted by molar-refractivity contribution is 0.386. The van der Waals surface area contributed by atoms with Crippen LogP contribution in [0.3, 0.4) is 0 Å². The molecule has 0 atom stereocenters. The highest BCUT2D eigenvalue weighted by Crippen LogP contribution is 2.18. The first-order chi connectivity index (χ1) is 9.02. The van der Waals surface area contributed by atoms with Crippen LogP contribution in [0, 0.1) is 9.39 Å². The van der Waals surface area contributed by atoms with Crippen LogP contribution in [0.4, 0.5) is 4.39 Å². The van der Waals surface area contributed by atoms with Gasteiger partial charge >= 0.3 is 0 Å². The van der Waals surface area contributed by atoms with Crippen molar-refractivity contribution in [3.05, 3.63) is 55.0 Å². The molecule has 0 saturated carbocycles. The van der Waals surface area contributed by atoms with Crippen molar-refractivity contribution in [1.29, 1.82) is 0 Å². The zero-order valence-corrected chi connectivity index (χ0v) is 12.8. The molecule has 0 aliphatic carbocycles. The zero-order chi connectivity index (χ0) is 14.0. The number of methoxy groups -OCH3 is 1. The van der Waals surface area contributed by atoms with Crippen molar-refractivity contribution in [1.82, 2.24) is 9.55 Å². The molecule has 0 spiro atoms. The van der Waals surface area contributed by atoms with Crippen molar-refractivity contribution in [3.8, 4) is 5.75 Å². The Bertz CT molecular complexity index is 675. The van der Waals surface area contributed by atoms with Crippen molar-refractivity contribution in [2.45, 2.75) is 6.54 Å². The topological polar surface area (TPSA) is 44.1 Å². The number of nitrogens with zero attached hydrogens (tertiary/aromatic N) is 2. The van der Waals surface area contributed by atoms with Gasteiger partial charge in [0, 0.05) is 0 Å². The summed E-state index contributed by atoms with van der Waals surface area (Å²) in [5, 5.41) is 0.169. The van der Waals surface area contributed by atoms with Crippen LogP contribution >= 0.6 is 34.2 Å². The Morgan fingerprint density at radius 1 is 1.53 bits per heavy atom. The smallest absolute Gasteiger partial charge is 0.268 e. The molecule has 0 aliphatic heterocycles. The second-order valence-corrected chi connectivity index (χ2v) is 5.19. The Morgan fingerprint density at radius 2 is 2.26 bits per heavy atom. The van der Waals surface area contributed by atoms with Gasteiger partial charge in [-0.05, 0) is 40.3 Å². The van der Waals surface area contributed by atoms with Crippen LogP contribution in [0.25, 0.3) is 0 Å². The molecule has 1 aromatic carbocycles. The summed E-state index contributed by atoms with van der Waals surface area (Å²) in [5.41, 5.74) is 0.386. The number of rotatable bonds is 3. The minimum atomic E-state index is -0.468. The summed E-state index contributed by atoms with van der Waals surface area (Å²) in [4.78, 5) is 15.8. The summed E-state index contributed by atoms with van der Waals surface area (Å²) in [7, 11) is 1.40. The van der Waals surface area contributed by atoms with E-state index in [1.165, 1.54) is 30.1 Å². The molecule has 100 valence electrons. The van der Waals surface area contributed by atoms with E-state index in [4.69, 9.17) is 16.3 Å². The van der Waals surface area contributed by atoms with E-state index in [2.05, 4.69) is 4.98 Å². The standard InChI is InChI=1S/C12H9ClFIN2O2/c1-19-9-3-2-7(4-8(9)14)5-17-6-16-11(13)10(15)12(17)18/h2-4,6H,5H2,1H3. The van der Waals surface area contributed by atoms with Gasteiger partial charge in [0.2, 0.25) is 0 Å². The number of halogens is 3. The van der Waals surface area contributed by atoms with Crippen molar-refractivity contribution >= 4 is 34.2 Å². The maximum absolute atomic E-state index is 13.5. The largest absolute Gasteiger partial charge is 0.494 e. The fraction of sp³-hybridized carbons (Fsp3) is 0.167. The highest BCUT2D eigenvalue weighted by Gasteiger charge is 2.09. The van der Waals surface area contributed by atoms with Gasteiger partial charge in [0.05, 0.1) is 20.0 Å². The van der Waals surface area contributed by atoms with E-state index in [-0.39, 0.29) is 23.0 Å². The average molecular weight is 395 g/mol. The maximum Gasteiger partial charge on any atom is 0.268 e. The van der Waals surface area contributed by atoms with Gasteiger partial charge in [-0.15, -0.1) is 0 Å². The maximum atomic E-state index is 13.5. The lowest BCUT2D eigenvalue weighted by Crippen LogP contribution is -2.23. The molecular formula is C12H9ClFIN2O2. The van der Waals surface area contributed by atoms with Crippen molar-refractivity contribution in [2.24, 2.45) is 0 Å². The Morgan fingerprint density at radius 3 is 2.89 bits per heavy atom. The molecule has 2 rings (SSSR count). The summed E-state index contributed by atoms with van der Waals surface area (Å²) in [6, 6.07) is 4.53. The number of benzene rings is 1. The molecule has 0 N–H and O–H groups in total. The molecule has 1 heterocycles. The van der Waals surface area contributed by atoms with E-state index in [9.17, 15) is 9.18 Å². The van der Waals surface area contributed by atoms with Crippen molar-refractivity contribution < 1.29 is 9.13 Å². The van der Waals surface area contributed by atoms with E-state index in [1.807, 2.05) is 22.6 Å². The van der Waals surface area contributed by atoms with Crippen LogP contribution in [0.1, 0.15) is 5.56 Å². The SMILES string of the molecule is COc1ccc(Cn2cnc(Cl)c(I)c2=O)cc1F. The van der Waals surface area contributed by atoms with Crippen molar-refractivity contribution in [3.63, 3.8) is 0 Å². The fourth-order valence-corrected chi connectivity index (χ4v) is 2.13. The Hall–Kier alpha value is -1.15. The molecule has 7 heteroatoms. The van der Waals surface area contributed by atoms with Gasteiger partial charge in [0.15, 0.2) is 11.6 Å². The van der Waals surface area contributed by atoms with E-state index in [1.54, 1.807) is 6.07 Å². The van der Waals surface area contributed by atoms with Gasteiger partial charge in [-0.1, -0.05) is 17.7 Å². The molecule has 19 heavy (non-hydrogen) atoms. The minimum Gasteiger partial charge on any atom is -0.494 e. The van der Waals surface area contributed by atoms with Gasteiger partial charge in [-0.3, -0.25) is 9.36 Å². The Kier molecular flexibility index (Phi) is 4.41. The first-order valence-electron chi connectivity index (χ1n) is 5.25. The van der Waals surface area contributed by atoms with Crippen LogP contribution in [0.2, 0.25) is 5.15 Å². The van der Waals surface area contributed by atoms with Crippen molar-refractivity contribution in [2.75, 3.05) is 7.11 Å². The second-order valence-electron chi connectivity index (χ2n) is 3.75. The number of hydrogen-bond acceptors (Lipinski definition) is 3. The average Bonchev–Trinajstić information content (AvgIpc) is 2.40. The third-order valence-corrected chi connectivity index (χ3v) is 4.09. The summed E-state index contributed by atoms with van der Waals surface area (Å²) in [6.07, 6.45) is 1.34. The van der Waals surface area contributed by atoms with Gasteiger partial charge in [-0.2, -0.15) is 0 Å². The zero-order valence-electron chi connectivity index (χ0n) is 9.86. The monoisotopic (exact) mass is 394 g/mol. The number of ether oxygens (including phenoxy) is 1. The molecular weight excluding hydrogens is 385 g/mol. The Balaban J connectivity index is 2.34. The first kappa shape index (κ1) is 14.3. The van der Waals surface area contributed by atoms with E-state index >= 15 is 0 Å². The number of hydrogen-bond donors (Lipinski definition) is 0. The fourth-order valence-electron chi connectivity index (χ4n) is 1.56. The highest BCUT2D eigenvalue weighted by molar-refractivity contribution is 14.1. The summed E-state index contributed by atoms with van der Waals surface area (Å²) >= 11 is 7.58. The van der Waals surface area contributed by atoms with Crippen LogP contribution < -0.4 is 10.3 Å². The van der Waals surface area contributed by atoms with Gasteiger partial charge < -0.3 is 4.74 Å². The Labute approximate surface area is 127 Å². The molecule has 0 aliphatic rings. The predicted molar refractivity (Wildman–Crippen MR) is 78.3 cm³/mol. The molecule has 0 amide bonds. The third kappa shape index (κ3) is 3.06. The molecule has 0 bridgehead atoms. The van der Waals surface area contributed by atoms with Crippen LogP contribution in [0.15, 0.2) is 29.3 Å². The predicted octanol–water partition coefficient (Wildman–Crippen LogP) is 2.70. The quantitative estimate of drug-likeness (QED) is 0.594. The molecule has 4 nitrogen and oxygen atoms in total. The van der Waals surface area contributed by atoms with Gasteiger partial charge in [-0.25, -0.2) is 9.37 Å². The van der Waals surface area contributed by atoms with Gasteiger partial charge in [0.1, 0.15) is 8.72 Å². The third-order valence-electron chi connectivity index (χ3n) is 2.51. The summed E-state index contributed by atoms with van der Waals surface area (Å²) in [5.74, 6) is -0.301. The van der Waals surface area contributed by atoms with E-state index in [0.717, 1.165) is 0 Å².